The fourth-order valence-corrected chi connectivity index (χ4v) is 2.45. The molecule has 0 spiro atoms. The van der Waals surface area contributed by atoms with Crippen LogP contribution in [0.4, 0.5) is 10.1 Å². The van der Waals surface area contributed by atoms with Gasteiger partial charge in [-0.25, -0.2) is 4.39 Å². The topological polar surface area (TPSA) is 47.6 Å². The lowest BCUT2D eigenvalue weighted by Gasteiger charge is -2.09. The lowest BCUT2D eigenvalue weighted by Crippen LogP contribution is -2.14. The van der Waals surface area contributed by atoms with E-state index in [2.05, 4.69) is 21.2 Å². The van der Waals surface area contributed by atoms with E-state index in [0.29, 0.717) is 17.2 Å². The van der Waals surface area contributed by atoms with E-state index in [0.717, 1.165) is 0 Å². The number of amides is 1. The van der Waals surface area contributed by atoms with Gasteiger partial charge in [0.1, 0.15) is 5.82 Å². The van der Waals surface area contributed by atoms with Crippen LogP contribution in [0.3, 0.4) is 0 Å². The first kappa shape index (κ1) is 14.2. The monoisotopic (exact) mass is 371 g/mol. The molecule has 0 fully saturated rings. The number of anilines is 1. The zero-order valence-electron chi connectivity index (χ0n) is 10.5. The van der Waals surface area contributed by atoms with Crippen LogP contribution < -0.4 is 14.8 Å². The molecule has 0 atom stereocenters. The normalized spacial score (nSPS) is 12.3. The summed E-state index contributed by atoms with van der Waals surface area (Å²) in [6, 6.07) is 7.55. The molecule has 0 saturated carbocycles. The third kappa shape index (κ3) is 2.69. The summed E-state index contributed by atoms with van der Waals surface area (Å²) in [5.41, 5.74) is 0.239. The van der Waals surface area contributed by atoms with Crippen LogP contribution in [0.25, 0.3) is 0 Å². The van der Waals surface area contributed by atoms with E-state index in [1.165, 1.54) is 18.2 Å². The number of rotatable bonds is 2. The van der Waals surface area contributed by atoms with E-state index in [1.807, 2.05) is 0 Å². The first-order valence-corrected chi connectivity index (χ1v) is 7.08. The van der Waals surface area contributed by atoms with Crippen LogP contribution in [0.2, 0.25) is 5.02 Å². The summed E-state index contributed by atoms with van der Waals surface area (Å²) in [5.74, 6) is -0.252. The molecule has 108 valence electrons. The van der Waals surface area contributed by atoms with E-state index >= 15 is 0 Å². The quantitative estimate of drug-likeness (QED) is 0.858. The van der Waals surface area contributed by atoms with Gasteiger partial charge in [0.05, 0.1) is 20.7 Å². The Morgan fingerprint density at radius 1 is 1.29 bits per heavy atom. The van der Waals surface area contributed by atoms with Gasteiger partial charge in [-0.1, -0.05) is 17.7 Å². The molecule has 7 heteroatoms. The van der Waals surface area contributed by atoms with Crippen molar-refractivity contribution < 1.29 is 18.7 Å². The van der Waals surface area contributed by atoms with Crippen molar-refractivity contribution in [1.82, 2.24) is 0 Å². The van der Waals surface area contributed by atoms with Gasteiger partial charge >= 0.3 is 0 Å². The molecule has 3 rings (SSSR count). The summed E-state index contributed by atoms with van der Waals surface area (Å²) >= 11 is 9.09. The van der Waals surface area contributed by atoms with Gasteiger partial charge in [0, 0.05) is 12.1 Å². The van der Waals surface area contributed by atoms with Gasteiger partial charge in [-0.15, -0.1) is 0 Å². The maximum atomic E-state index is 13.9. The maximum Gasteiger partial charge on any atom is 0.258 e. The number of carbonyl (C=O) groups excluding carboxylic acids is 1. The second-order valence-corrected chi connectivity index (χ2v) is 5.50. The number of nitrogens with one attached hydrogen (secondary N) is 1. The number of halogens is 3. The SMILES string of the molecule is O=C(Nc1cc2c(cc1Cl)OCO2)c1cccc(Br)c1F. The number of hydrogen-bond acceptors (Lipinski definition) is 3. The molecular weight excluding hydrogens is 365 g/mol. The van der Waals surface area contributed by atoms with Crippen molar-refractivity contribution in [3.05, 3.63) is 51.2 Å². The zero-order valence-corrected chi connectivity index (χ0v) is 12.8. The van der Waals surface area contributed by atoms with Crippen LogP contribution >= 0.6 is 27.5 Å². The fraction of sp³-hybridized carbons (Fsp3) is 0.0714. The second kappa shape index (κ2) is 5.54. The average molecular weight is 373 g/mol. The number of ether oxygens (including phenoxy) is 2. The number of hydrogen-bond donors (Lipinski definition) is 1. The van der Waals surface area contributed by atoms with Crippen molar-refractivity contribution in [2.45, 2.75) is 0 Å². The minimum atomic E-state index is -0.633. The van der Waals surface area contributed by atoms with Crippen molar-refractivity contribution in [3.63, 3.8) is 0 Å². The molecule has 2 aromatic carbocycles. The van der Waals surface area contributed by atoms with Crippen molar-refractivity contribution in [1.29, 1.82) is 0 Å². The Morgan fingerprint density at radius 3 is 2.76 bits per heavy atom. The zero-order chi connectivity index (χ0) is 15.0. The number of fused-ring (bicyclic) bond motifs is 1. The minimum absolute atomic E-state index is 0.0851. The standard InChI is InChI=1S/C14H8BrClFNO3/c15-8-3-1-2-7(13(8)17)14(19)18-10-5-12-11(4-9(10)16)20-6-21-12/h1-5H,6H2,(H,18,19). The van der Waals surface area contributed by atoms with E-state index < -0.39 is 11.7 Å². The van der Waals surface area contributed by atoms with Gasteiger partial charge < -0.3 is 14.8 Å². The van der Waals surface area contributed by atoms with E-state index in [-0.39, 0.29) is 21.9 Å². The third-order valence-electron chi connectivity index (χ3n) is 2.91. The van der Waals surface area contributed by atoms with Crippen LogP contribution in [-0.2, 0) is 0 Å². The summed E-state index contributed by atoms with van der Waals surface area (Å²) in [6.07, 6.45) is 0. The lowest BCUT2D eigenvalue weighted by atomic mass is 10.2. The molecule has 1 amide bonds. The van der Waals surface area contributed by atoms with E-state index in [9.17, 15) is 9.18 Å². The Balaban J connectivity index is 1.90. The molecule has 4 nitrogen and oxygen atoms in total. The molecule has 1 heterocycles. The van der Waals surface area contributed by atoms with Crippen LogP contribution in [0.15, 0.2) is 34.8 Å². The summed E-state index contributed by atoms with van der Waals surface area (Å²) in [6.45, 7) is 0.101. The highest BCUT2D eigenvalue weighted by Crippen LogP contribution is 2.39. The van der Waals surface area contributed by atoms with Crippen LogP contribution in [0.1, 0.15) is 10.4 Å². The largest absolute Gasteiger partial charge is 0.454 e. The van der Waals surface area contributed by atoms with E-state index in [4.69, 9.17) is 21.1 Å². The van der Waals surface area contributed by atoms with Gasteiger partial charge in [-0.3, -0.25) is 4.79 Å². The molecule has 1 N–H and O–H groups in total. The van der Waals surface area contributed by atoms with Gasteiger partial charge in [-0.2, -0.15) is 0 Å². The number of carbonyl (C=O) groups is 1. The summed E-state index contributed by atoms with van der Waals surface area (Å²) < 4.78 is 24.5. The molecule has 0 aromatic heterocycles. The molecule has 1 aliphatic rings. The third-order valence-corrected chi connectivity index (χ3v) is 3.83. The second-order valence-electron chi connectivity index (χ2n) is 4.24. The van der Waals surface area contributed by atoms with Gasteiger partial charge in [-0.05, 0) is 28.1 Å². The Hall–Kier alpha value is -1.79. The Bertz CT molecular complexity index is 738. The Kier molecular flexibility index (Phi) is 3.73. The van der Waals surface area contributed by atoms with Gasteiger partial charge in [0.25, 0.3) is 5.91 Å². The summed E-state index contributed by atoms with van der Waals surface area (Å²) in [4.78, 5) is 12.1. The highest BCUT2D eigenvalue weighted by Gasteiger charge is 2.19. The highest BCUT2D eigenvalue weighted by molar-refractivity contribution is 9.10. The molecule has 1 aliphatic heterocycles. The van der Waals surface area contributed by atoms with Crippen molar-refractivity contribution >= 4 is 39.1 Å². The van der Waals surface area contributed by atoms with Crippen molar-refractivity contribution in [3.8, 4) is 11.5 Å². The first-order chi connectivity index (χ1) is 10.1. The molecule has 0 bridgehead atoms. The fourth-order valence-electron chi connectivity index (χ4n) is 1.88. The predicted octanol–water partition coefficient (Wildman–Crippen LogP) is 4.22. The molecule has 0 radical (unpaired) electrons. The molecule has 0 unspecified atom stereocenters. The Labute approximate surface area is 132 Å². The smallest absolute Gasteiger partial charge is 0.258 e. The van der Waals surface area contributed by atoms with E-state index in [1.54, 1.807) is 12.1 Å². The number of benzene rings is 2. The van der Waals surface area contributed by atoms with Crippen LogP contribution in [0.5, 0.6) is 11.5 Å². The summed E-state index contributed by atoms with van der Waals surface area (Å²) in [7, 11) is 0. The summed E-state index contributed by atoms with van der Waals surface area (Å²) in [5, 5.41) is 2.84. The van der Waals surface area contributed by atoms with Crippen molar-refractivity contribution in [2.75, 3.05) is 12.1 Å². The van der Waals surface area contributed by atoms with Crippen molar-refractivity contribution in [2.24, 2.45) is 0 Å². The molecular formula is C14H8BrClFNO3. The molecule has 0 saturated heterocycles. The minimum Gasteiger partial charge on any atom is -0.454 e. The molecule has 2 aromatic rings. The predicted molar refractivity (Wildman–Crippen MR) is 79.6 cm³/mol. The first-order valence-electron chi connectivity index (χ1n) is 5.91. The lowest BCUT2D eigenvalue weighted by molar-refractivity contribution is 0.102. The maximum absolute atomic E-state index is 13.9. The van der Waals surface area contributed by atoms with Gasteiger partial charge in [0.2, 0.25) is 6.79 Å². The van der Waals surface area contributed by atoms with Crippen LogP contribution in [0, 0.1) is 5.82 Å². The molecule has 0 aliphatic carbocycles. The van der Waals surface area contributed by atoms with Gasteiger partial charge in [0.15, 0.2) is 11.5 Å². The highest BCUT2D eigenvalue weighted by atomic mass is 79.9. The molecule has 21 heavy (non-hydrogen) atoms. The van der Waals surface area contributed by atoms with Crippen LogP contribution in [-0.4, -0.2) is 12.7 Å². The Morgan fingerprint density at radius 2 is 2.00 bits per heavy atom. The average Bonchev–Trinajstić information content (AvgIpc) is 2.89.